The first-order valence-electron chi connectivity index (χ1n) is 14.7. The number of hydrogen-bond acceptors (Lipinski definition) is 5. The Morgan fingerprint density at radius 2 is 1.77 bits per heavy atom. The Balaban J connectivity index is 1.57. The molecule has 9 heteroatoms. The van der Waals surface area contributed by atoms with Crippen LogP contribution >= 0.6 is 0 Å². The highest BCUT2D eigenvalue weighted by atomic mass is 28.3. The highest BCUT2D eigenvalue weighted by Crippen LogP contribution is 2.51. The van der Waals surface area contributed by atoms with Gasteiger partial charge < -0.3 is 20.1 Å². The van der Waals surface area contributed by atoms with E-state index in [4.69, 9.17) is 9.47 Å². The summed E-state index contributed by atoms with van der Waals surface area (Å²) in [4.78, 5) is 26.6. The molecule has 40 heavy (non-hydrogen) atoms. The number of aryl methyl sites for hydroxylation is 2. The average Bonchev–Trinajstić information content (AvgIpc) is 3.76. The van der Waals surface area contributed by atoms with E-state index in [1.807, 2.05) is 56.9 Å². The van der Waals surface area contributed by atoms with Crippen molar-refractivity contribution >= 4 is 25.8 Å². The molecule has 0 bridgehead atoms. The molecule has 1 unspecified atom stereocenters. The zero-order valence-corrected chi connectivity index (χ0v) is 26.6. The van der Waals surface area contributed by atoms with E-state index in [1.54, 1.807) is 0 Å². The Hall–Kier alpha value is -2.65. The second-order valence-corrected chi connectivity index (χ2v) is 19.5. The maximum absolute atomic E-state index is 13.8. The Morgan fingerprint density at radius 1 is 1.12 bits per heavy atom. The molecular weight excluding hydrogens is 520 g/mol. The molecular formula is C31H48N4O4Si. The van der Waals surface area contributed by atoms with Crippen molar-refractivity contribution < 1.29 is 19.1 Å². The minimum Gasteiger partial charge on any atom is -0.444 e. The highest BCUT2D eigenvalue weighted by molar-refractivity contribution is 6.76. The fraction of sp³-hybridized carbons (Fsp3) is 0.645. The van der Waals surface area contributed by atoms with Gasteiger partial charge >= 0.3 is 6.09 Å². The lowest BCUT2D eigenvalue weighted by Gasteiger charge is -2.29. The van der Waals surface area contributed by atoms with Gasteiger partial charge in [-0.25, -0.2) is 4.79 Å². The molecule has 1 atom stereocenters. The van der Waals surface area contributed by atoms with E-state index >= 15 is 0 Å². The van der Waals surface area contributed by atoms with Crippen LogP contribution < -0.4 is 10.6 Å². The van der Waals surface area contributed by atoms with E-state index < -0.39 is 25.8 Å². The number of carbonyl (C=O) groups excluding carboxylic acids is 2. The number of alkyl carbamates (subject to hydrolysis) is 1. The summed E-state index contributed by atoms with van der Waals surface area (Å²) < 4.78 is 13.6. The number of anilines is 1. The first-order valence-corrected chi connectivity index (χ1v) is 18.4. The Kier molecular flexibility index (Phi) is 9.14. The van der Waals surface area contributed by atoms with Gasteiger partial charge in [-0.05, 0) is 100 Å². The molecule has 2 aliphatic carbocycles. The molecule has 0 saturated heterocycles. The van der Waals surface area contributed by atoms with Gasteiger partial charge in [0, 0.05) is 33.0 Å². The van der Waals surface area contributed by atoms with E-state index in [0.717, 1.165) is 54.1 Å². The van der Waals surface area contributed by atoms with Crippen LogP contribution in [0.5, 0.6) is 0 Å². The number of hydrogen-bond donors (Lipinski definition) is 2. The molecule has 4 rings (SSSR count). The third kappa shape index (κ3) is 8.43. The van der Waals surface area contributed by atoms with Crippen LogP contribution in [0.1, 0.15) is 57.6 Å². The van der Waals surface area contributed by atoms with Gasteiger partial charge in [-0.15, -0.1) is 0 Å². The maximum atomic E-state index is 13.8. The number of aromatic nitrogens is 2. The molecule has 2 amide bonds. The van der Waals surface area contributed by atoms with E-state index in [-0.39, 0.29) is 11.8 Å². The summed E-state index contributed by atoms with van der Waals surface area (Å²) in [5, 5.41) is 10.5. The van der Waals surface area contributed by atoms with Crippen LogP contribution in [0, 0.1) is 24.7 Å². The van der Waals surface area contributed by atoms with Crippen molar-refractivity contribution in [1.82, 2.24) is 15.1 Å². The van der Waals surface area contributed by atoms with Gasteiger partial charge in [-0.2, -0.15) is 5.10 Å². The number of nitrogens with one attached hydrogen (secondary N) is 2. The Labute approximate surface area is 240 Å². The van der Waals surface area contributed by atoms with Crippen LogP contribution in [0.15, 0.2) is 24.4 Å². The normalized spacial score (nSPS) is 16.6. The third-order valence-corrected chi connectivity index (χ3v) is 9.38. The molecule has 0 radical (unpaired) electrons. The lowest BCUT2D eigenvalue weighted by molar-refractivity contribution is -0.120. The first kappa shape index (κ1) is 30.3. The van der Waals surface area contributed by atoms with Gasteiger partial charge in [-0.3, -0.25) is 9.48 Å². The lowest BCUT2D eigenvalue weighted by atomic mass is 9.88. The minimum atomic E-state index is -1.21. The van der Waals surface area contributed by atoms with Gasteiger partial charge in [0.05, 0.1) is 18.5 Å². The zero-order chi connectivity index (χ0) is 29.2. The minimum absolute atomic E-state index is 0.133. The summed E-state index contributed by atoms with van der Waals surface area (Å²) in [6.45, 7) is 15.7. The van der Waals surface area contributed by atoms with E-state index in [9.17, 15) is 9.59 Å². The van der Waals surface area contributed by atoms with Crippen molar-refractivity contribution in [3.63, 3.8) is 0 Å². The van der Waals surface area contributed by atoms with Crippen LogP contribution in [0.2, 0.25) is 25.7 Å². The Morgan fingerprint density at radius 3 is 2.30 bits per heavy atom. The quantitative estimate of drug-likeness (QED) is 0.225. The average molecular weight is 569 g/mol. The van der Waals surface area contributed by atoms with Crippen LogP contribution in [0.4, 0.5) is 10.5 Å². The van der Waals surface area contributed by atoms with Crippen molar-refractivity contribution in [3.8, 4) is 11.3 Å². The monoisotopic (exact) mass is 568 g/mol. The third-order valence-electron chi connectivity index (χ3n) is 7.68. The second kappa shape index (κ2) is 12.1. The smallest absolute Gasteiger partial charge is 0.408 e. The van der Waals surface area contributed by atoms with E-state index in [1.165, 1.54) is 0 Å². The molecule has 1 aromatic carbocycles. The molecule has 0 aliphatic heterocycles. The molecule has 1 aromatic heterocycles. The number of carbonyl (C=O) groups is 2. The summed E-state index contributed by atoms with van der Waals surface area (Å²) in [5.74, 6) is 0.894. The number of ether oxygens (including phenoxy) is 2. The van der Waals surface area contributed by atoms with Crippen molar-refractivity contribution in [2.75, 3.05) is 11.9 Å². The molecule has 8 nitrogen and oxygen atoms in total. The Bertz CT molecular complexity index is 1170. The molecule has 2 N–H and O–H groups in total. The predicted octanol–water partition coefficient (Wildman–Crippen LogP) is 6.52. The number of benzene rings is 1. The topological polar surface area (TPSA) is 94.5 Å². The predicted molar refractivity (Wildman–Crippen MR) is 162 cm³/mol. The number of amides is 2. The molecule has 2 aliphatic rings. The molecule has 2 aromatic rings. The highest BCUT2D eigenvalue weighted by Gasteiger charge is 2.48. The van der Waals surface area contributed by atoms with Gasteiger partial charge in [0.15, 0.2) is 0 Å². The van der Waals surface area contributed by atoms with Gasteiger partial charge in [0.1, 0.15) is 11.6 Å². The summed E-state index contributed by atoms with van der Waals surface area (Å²) in [6.07, 6.45) is 5.76. The van der Waals surface area contributed by atoms with Crippen LogP contribution in [0.3, 0.4) is 0 Å². The van der Waals surface area contributed by atoms with E-state index in [2.05, 4.69) is 42.3 Å². The van der Waals surface area contributed by atoms with Crippen molar-refractivity contribution in [2.45, 2.75) is 97.3 Å². The molecule has 1 heterocycles. The largest absolute Gasteiger partial charge is 0.444 e. The molecule has 220 valence electrons. The molecule has 2 fully saturated rings. The summed E-state index contributed by atoms with van der Waals surface area (Å²) in [5.41, 5.74) is 4.22. The summed E-state index contributed by atoms with van der Waals surface area (Å²) >= 11 is 0. The fourth-order valence-corrected chi connectivity index (χ4v) is 6.16. The second-order valence-electron chi connectivity index (χ2n) is 13.9. The van der Waals surface area contributed by atoms with Crippen molar-refractivity contribution in [3.05, 3.63) is 35.5 Å². The lowest BCUT2D eigenvalue weighted by Crippen LogP contribution is -2.51. The van der Waals surface area contributed by atoms with Gasteiger partial charge in [-0.1, -0.05) is 25.7 Å². The van der Waals surface area contributed by atoms with Gasteiger partial charge in [0.2, 0.25) is 5.91 Å². The SMILES string of the molecule is Cc1cnn(C)c1-c1ccc(NC(=O)C(NC(=O)OC(C)(C)C)C(C2CC2)C2CC2)cc1COCC[Si](C)(C)C. The standard InChI is InChI=1S/C31H48N4O4Si/c1-20-18-32-35(5)28(20)25-14-13-24(17-23(25)19-38-15-16-40(6,7)8)33-29(36)27(34-30(37)39-31(2,3)4)26(21-9-10-21)22-11-12-22/h13-14,17-18,21-22,26-27H,9-12,15-16,19H2,1-8H3,(H,33,36)(H,34,37). The number of rotatable bonds is 12. The zero-order valence-electron chi connectivity index (χ0n) is 25.6. The molecule has 0 spiro atoms. The fourth-order valence-electron chi connectivity index (χ4n) is 5.40. The van der Waals surface area contributed by atoms with Crippen molar-refractivity contribution in [1.29, 1.82) is 0 Å². The van der Waals surface area contributed by atoms with Crippen LogP contribution in [0.25, 0.3) is 11.3 Å². The summed E-state index contributed by atoms with van der Waals surface area (Å²) in [7, 11) is 0.727. The van der Waals surface area contributed by atoms with Crippen molar-refractivity contribution in [2.24, 2.45) is 24.8 Å². The van der Waals surface area contributed by atoms with Crippen LogP contribution in [-0.2, 0) is 27.9 Å². The van der Waals surface area contributed by atoms with E-state index in [0.29, 0.717) is 30.7 Å². The first-order chi connectivity index (χ1) is 18.7. The van der Waals surface area contributed by atoms with Gasteiger partial charge in [0.25, 0.3) is 0 Å². The molecule has 2 saturated carbocycles. The van der Waals surface area contributed by atoms with Crippen LogP contribution in [-0.4, -0.2) is 48.1 Å². The summed E-state index contributed by atoms with van der Waals surface area (Å²) in [6, 6.07) is 6.42. The number of nitrogens with zero attached hydrogens (tertiary/aromatic N) is 2. The maximum Gasteiger partial charge on any atom is 0.408 e.